The molecule has 0 atom stereocenters. The highest BCUT2D eigenvalue weighted by molar-refractivity contribution is 5.70. The van der Waals surface area contributed by atoms with E-state index in [-0.39, 0.29) is 0 Å². The number of nitrogens with zero attached hydrogens (tertiary/aromatic N) is 1. The molecule has 1 rings (SSSR count). The van der Waals surface area contributed by atoms with Crippen LogP contribution in [-0.4, -0.2) is 5.97 Å². The third kappa shape index (κ3) is 3.72. The van der Waals surface area contributed by atoms with Gasteiger partial charge in [0, 0.05) is 6.92 Å². The average Bonchev–Trinajstić information content (AvgIpc) is 2.21. The number of nitriles is 1. The van der Waals surface area contributed by atoms with Crippen molar-refractivity contribution in [2.45, 2.75) is 20.8 Å². The number of benzene rings is 1. The second-order valence-corrected chi connectivity index (χ2v) is 2.20. The van der Waals surface area contributed by atoms with E-state index in [4.69, 9.17) is 10.00 Å². The van der Waals surface area contributed by atoms with Crippen LogP contribution in [0.3, 0.4) is 0 Å². The van der Waals surface area contributed by atoms with Gasteiger partial charge in [0.15, 0.2) is 0 Å². The fourth-order valence-corrected chi connectivity index (χ4v) is 0.803. The maximum atomic E-state index is 10.5. The quantitative estimate of drug-likeness (QED) is 0.506. The van der Waals surface area contributed by atoms with Crippen LogP contribution in [0.5, 0.6) is 5.75 Å². The van der Waals surface area contributed by atoms with Crippen LogP contribution < -0.4 is 4.74 Å². The van der Waals surface area contributed by atoms with E-state index in [1.807, 2.05) is 19.9 Å². The molecule has 1 aromatic carbocycles. The molecule has 0 aromatic heterocycles. The molecule has 0 saturated heterocycles. The van der Waals surface area contributed by atoms with Crippen LogP contribution in [0.4, 0.5) is 0 Å². The fraction of sp³-hybridized carbons (Fsp3) is 0.273. The Hall–Kier alpha value is -1.82. The zero-order valence-electron chi connectivity index (χ0n) is 8.57. The Morgan fingerprint density at radius 1 is 1.36 bits per heavy atom. The number of rotatable bonds is 1. The van der Waals surface area contributed by atoms with Crippen molar-refractivity contribution in [3.8, 4) is 11.8 Å². The first-order valence-corrected chi connectivity index (χ1v) is 4.41. The van der Waals surface area contributed by atoms with Crippen molar-refractivity contribution >= 4 is 5.97 Å². The van der Waals surface area contributed by atoms with E-state index >= 15 is 0 Å². The number of hydrogen-bond donors (Lipinski definition) is 0. The standard InChI is InChI=1S/C9H7NO2.C2H6/c1-7(11)12-9-5-3-2-4-8(9)6-10;1-2/h2-5H,1H3;1-2H3. The highest BCUT2D eigenvalue weighted by atomic mass is 16.5. The predicted octanol–water partition coefficient (Wildman–Crippen LogP) is 2.51. The van der Waals surface area contributed by atoms with Crippen LogP contribution in [0.2, 0.25) is 0 Å². The van der Waals surface area contributed by atoms with Crippen LogP contribution in [0, 0.1) is 11.3 Å². The predicted molar refractivity (Wildman–Crippen MR) is 53.8 cm³/mol. The molecule has 0 aliphatic carbocycles. The molecule has 74 valence electrons. The van der Waals surface area contributed by atoms with Crippen molar-refractivity contribution in [2.75, 3.05) is 0 Å². The molecule has 0 radical (unpaired) electrons. The Bertz CT molecular complexity index is 339. The minimum atomic E-state index is -0.419. The van der Waals surface area contributed by atoms with Crippen LogP contribution in [-0.2, 0) is 4.79 Å². The summed E-state index contributed by atoms with van der Waals surface area (Å²) in [7, 11) is 0. The van der Waals surface area contributed by atoms with E-state index in [1.165, 1.54) is 6.92 Å². The molecule has 0 unspecified atom stereocenters. The van der Waals surface area contributed by atoms with E-state index in [0.717, 1.165) is 0 Å². The second kappa shape index (κ2) is 6.67. The summed E-state index contributed by atoms with van der Waals surface area (Å²) >= 11 is 0. The summed E-state index contributed by atoms with van der Waals surface area (Å²) in [5, 5.41) is 8.59. The molecular weight excluding hydrogens is 178 g/mol. The minimum Gasteiger partial charge on any atom is -0.425 e. The molecule has 0 heterocycles. The summed E-state index contributed by atoms with van der Waals surface area (Å²) in [6.07, 6.45) is 0. The molecule has 0 N–H and O–H groups in total. The topological polar surface area (TPSA) is 50.1 Å². The van der Waals surface area contributed by atoms with E-state index in [2.05, 4.69) is 0 Å². The van der Waals surface area contributed by atoms with Crippen molar-refractivity contribution < 1.29 is 9.53 Å². The van der Waals surface area contributed by atoms with E-state index in [1.54, 1.807) is 24.3 Å². The van der Waals surface area contributed by atoms with E-state index in [9.17, 15) is 4.79 Å². The van der Waals surface area contributed by atoms with Crippen molar-refractivity contribution in [2.24, 2.45) is 0 Å². The molecule has 0 saturated carbocycles. The summed E-state index contributed by atoms with van der Waals surface area (Å²) in [5.41, 5.74) is 0.368. The van der Waals surface area contributed by atoms with Gasteiger partial charge < -0.3 is 4.74 Å². The number of carbonyl (C=O) groups excluding carboxylic acids is 1. The van der Waals surface area contributed by atoms with E-state index in [0.29, 0.717) is 11.3 Å². The Balaban J connectivity index is 0.000000791. The van der Waals surface area contributed by atoms with Gasteiger partial charge in [0.2, 0.25) is 0 Å². The summed E-state index contributed by atoms with van der Waals surface area (Å²) in [5.74, 6) is -0.106. The SMILES string of the molecule is CC.CC(=O)Oc1ccccc1C#N. The van der Waals surface area contributed by atoms with Gasteiger partial charge in [0.1, 0.15) is 11.8 Å². The first-order valence-electron chi connectivity index (χ1n) is 4.41. The van der Waals surface area contributed by atoms with Gasteiger partial charge in [-0.15, -0.1) is 0 Å². The highest BCUT2D eigenvalue weighted by Crippen LogP contribution is 2.16. The lowest BCUT2D eigenvalue weighted by Crippen LogP contribution is -2.02. The molecular formula is C11H13NO2. The minimum absolute atomic E-state index is 0.313. The van der Waals surface area contributed by atoms with Gasteiger partial charge >= 0.3 is 5.97 Å². The van der Waals surface area contributed by atoms with Crippen LogP contribution >= 0.6 is 0 Å². The summed E-state index contributed by atoms with van der Waals surface area (Å²) < 4.78 is 4.77. The number of hydrogen-bond acceptors (Lipinski definition) is 3. The van der Waals surface area contributed by atoms with Gasteiger partial charge in [-0.25, -0.2) is 0 Å². The van der Waals surface area contributed by atoms with Gasteiger partial charge in [-0.2, -0.15) is 5.26 Å². The fourth-order valence-electron chi connectivity index (χ4n) is 0.803. The monoisotopic (exact) mass is 191 g/mol. The van der Waals surface area contributed by atoms with Crippen molar-refractivity contribution in [1.82, 2.24) is 0 Å². The molecule has 1 aromatic rings. The lowest BCUT2D eigenvalue weighted by atomic mass is 10.2. The zero-order valence-corrected chi connectivity index (χ0v) is 8.57. The van der Waals surface area contributed by atoms with Gasteiger partial charge in [-0.1, -0.05) is 26.0 Å². The van der Waals surface area contributed by atoms with Crippen LogP contribution in [0.25, 0.3) is 0 Å². The van der Waals surface area contributed by atoms with Crippen LogP contribution in [0.1, 0.15) is 26.3 Å². The average molecular weight is 191 g/mol. The molecule has 0 bridgehead atoms. The molecule has 0 fully saturated rings. The van der Waals surface area contributed by atoms with Crippen molar-refractivity contribution in [3.63, 3.8) is 0 Å². The Morgan fingerprint density at radius 2 is 1.93 bits per heavy atom. The second-order valence-electron chi connectivity index (χ2n) is 2.20. The molecule has 3 nitrogen and oxygen atoms in total. The van der Waals surface area contributed by atoms with Gasteiger partial charge in [-0.3, -0.25) is 4.79 Å². The first kappa shape index (κ1) is 12.2. The van der Waals surface area contributed by atoms with Crippen molar-refractivity contribution in [1.29, 1.82) is 5.26 Å². The van der Waals surface area contributed by atoms with Crippen molar-refractivity contribution in [3.05, 3.63) is 29.8 Å². The molecule has 0 amide bonds. The molecule has 0 aliphatic rings. The van der Waals surface area contributed by atoms with Gasteiger partial charge in [0.25, 0.3) is 0 Å². The number of para-hydroxylation sites is 1. The molecule has 14 heavy (non-hydrogen) atoms. The third-order valence-corrected chi connectivity index (χ3v) is 1.26. The molecule has 0 spiro atoms. The smallest absolute Gasteiger partial charge is 0.308 e. The normalized spacial score (nSPS) is 7.86. The number of ether oxygens (including phenoxy) is 1. The Morgan fingerprint density at radius 3 is 2.43 bits per heavy atom. The largest absolute Gasteiger partial charge is 0.425 e. The van der Waals surface area contributed by atoms with E-state index < -0.39 is 5.97 Å². The molecule has 0 aliphatic heterocycles. The van der Waals surface area contributed by atoms with Gasteiger partial charge in [-0.05, 0) is 12.1 Å². The Labute approximate surface area is 83.9 Å². The lowest BCUT2D eigenvalue weighted by molar-refractivity contribution is -0.131. The summed E-state index contributed by atoms with van der Waals surface area (Å²) in [4.78, 5) is 10.5. The number of esters is 1. The van der Waals surface area contributed by atoms with Gasteiger partial charge in [0.05, 0.1) is 5.56 Å². The maximum absolute atomic E-state index is 10.5. The first-order chi connectivity index (χ1) is 6.74. The lowest BCUT2D eigenvalue weighted by Gasteiger charge is -2.01. The highest BCUT2D eigenvalue weighted by Gasteiger charge is 2.02. The zero-order chi connectivity index (χ0) is 11.0. The maximum Gasteiger partial charge on any atom is 0.308 e. The summed E-state index contributed by atoms with van der Waals surface area (Å²) in [6.45, 7) is 5.30. The molecule has 3 heteroatoms. The Kier molecular flexibility index (Phi) is 5.80. The van der Waals surface area contributed by atoms with Crippen LogP contribution in [0.15, 0.2) is 24.3 Å². The summed E-state index contributed by atoms with van der Waals surface area (Å²) in [6, 6.07) is 8.52. The third-order valence-electron chi connectivity index (χ3n) is 1.26. The number of carbonyl (C=O) groups is 1.